The van der Waals surface area contributed by atoms with Gasteiger partial charge in [0.25, 0.3) is 9.05 Å². The SMILES string of the molecule is Cc1ccnc2c(S(=O)(=O)Cl)cnn12. The van der Waals surface area contributed by atoms with Gasteiger partial charge in [0, 0.05) is 22.6 Å². The van der Waals surface area contributed by atoms with Crippen LogP contribution in [0.1, 0.15) is 5.69 Å². The molecule has 14 heavy (non-hydrogen) atoms. The summed E-state index contributed by atoms with van der Waals surface area (Å²) in [6.45, 7) is 1.80. The summed E-state index contributed by atoms with van der Waals surface area (Å²) in [6, 6.07) is 1.73. The quantitative estimate of drug-likeness (QED) is 0.686. The van der Waals surface area contributed by atoms with Crippen LogP contribution in [-0.2, 0) is 9.05 Å². The van der Waals surface area contributed by atoms with E-state index in [9.17, 15) is 8.42 Å². The van der Waals surface area contributed by atoms with Gasteiger partial charge in [-0.25, -0.2) is 17.9 Å². The first-order valence-corrected chi connectivity index (χ1v) is 6.05. The summed E-state index contributed by atoms with van der Waals surface area (Å²) in [5, 5.41) is 3.88. The van der Waals surface area contributed by atoms with Gasteiger partial charge in [0.15, 0.2) is 5.65 Å². The minimum Gasteiger partial charge on any atom is -0.236 e. The fraction of sp³-hybridized carbons (Fsp3) is 0.143. The first-order valence-electron chi connectivity index (χ1n) is 3.74. The minimum atomic E-state index is -3.78. The third-order valence-corrected chi connectivity index (χ3v) is 3.13. The Bertz CT molecular complexity index is 590. The lowest BCUT2D eigenvalue weighted by atomic mass is 10.4. The Hall–Kier alpha value is -1.14. The van der Waals surface area contributed by atoms with Crippen LogP contribution in [0.4, 0.5) is 0 Å². The van der Waals surface area contributed by atoms with Crippen LogP contribution in [0.15, 0.2) is 23.4 Å². The summed E-state index contributed by atoms with van der Waals surface area (Å²) >= 11 is 0. The molecule has 0 amide bonds. The van der Waals surface area contributed by atoms with Crippen LogP contribution in [0.25, 0.3) is 5.65 Å². The molecule has 0 aliphatic heterocycles. The second-order valence-corrected chi connectivity index (χ2v) is 5.30. The molecule has 5 nitrogen and oxygen atoms in total. The Morgan fingerprint density at radius 1 is 1.50 bits per heavy atom. The summed E-state index contributed by atoms with van der Waals surface area (Å²) in [6.07, 6.45) is 2.70. The van der Waals surface area contributed by atoms with Crippen molar-refractivity contribution in [2.45, 2.75) is 11.8 Å². The third-order valence-electron chi connectivity index (χ3n) is 1.82. The van der Waals surface area contributed by atoms with Gasteiger partial charge in [-0.15, -0.1) is 0 Å². The molecule has 0 unspecified atom stereocenters. The normalized spacial score (nSPS) is 12.1. The number of fused-ring (bicyclic) bond motifs is 1. The first-order chi connectivity index (χ1) is 6.50. The highest BCUT2D eigenvalue weighted by Gasteiger charge is 2.18. The molecule has 0 radical (unpaired) electrons. The molecule has 0 fully saturated rings. The van der Waals surface area contributed by atoms with E-state index in [4.69, 9.17) is 10.7 Å². The van der Waals surface area contributed by atoms with E-state index in [0.717, 1.165) is 5.69 Å². The van der Waals surface area contributed by atoms with E-state index in [1.54, 1.807) is 13.0 Å². The highest BCUT2D eigenvalue weighted by Crippen LogP contribution is 2.19. The van der Waals surface area contributed by atoms with E-state index in [0.29, 0.717) is 0 Å². The van der Waals surface area contributed by atoms with E-state index in [1.807, 2.05) is 0 Å². The Morgan fingerprint density at radius 3 is 2.86 bits per heavy atom. The minimum absolute atomic E-state index is 0.0668. The molecule has 2 rings (SSSR count). The molecule has 0 saturated heterocycles. The molecule has 0 saturated carbocycles. The number of halogens is 1. The van der Waals surface area contributed by atoms with Crippen molar-refractivity contribution in [3.05, 3.63) is 24.2 Å². The molecule has 0 aliphatic rings. The first kappa shape index (κ1) is 9.42. The Morgan fingerprint density at radius 2 is 2.21 bits per heavy atom. The molecule has 7 heteroatoms. The molecule has 0 aromatic carbocycles. The average Bonchev–Trinajstić information content (AvgIpc) is 2.47. The van der Waals surface area contributed by atoms with E-state index in [-0.39, 0.29) is 10.5 Å². The molecule has 74 valence electrons. The van der Waals surface area contributed by atoms with E-state index in [2.05, 4.69) is 10.1 Å². The van der Waals surface area contributed by atoms with Gasteiger partial charge in [0.2, 0.25) is 0 Å². The van der Waals surface area contributed by atoms with Crippen molar-refractivity contribution in [3.63, 3.8) is 0 Å². The van der Waals surface area contributed by atoms with Crippen LogP contribution in [0.5, 0.6) is 0 Å². The zero-order chi connectivity index (χ0) is 10.3. The maximum Gasteiger partial charge on any atom is 0.266 e. The van der Waals surface area contributed by atoms with Crippen molar-refractivity contribution < 1.29 is 8.42 Å². The second kappa shape index (κ2) is 2.93. The fourth-order valence-corrected chi connectivity index (χ4v) is 2.02. The second-order valence-electron chi connectivity index (χ2n) is 2.77. The Balaban J connectivity index is 2.90. The van der Waals surface area contributed by atoms with Crippen molar-refractivity contribution in [1.82, 2.24) is 14.6 Å². The lowest BCUT2D eigenvalue weighted by Crippen LogP contribution is -1.96. The Labute approximate surface area is 84.8 Å². The summed E-state index contributed by atoms with van der Waals surface area (Å²) in [4.78, 5) is 3.84. The number of aromatic nitrogens is 3. The largest absolute Gasteiger partial charge is 0.266 e. The van der Waals surface area contributed by atoms with Crippen molar-refractivity contribution in [3.8, 4) is 0 Å². The van der Waals surface area contributed by atoms with Crippen LogP contribution in [0.2, 0.25) is 0 Å². The topological polar surface area (TPSA) is 64.3 Å². The van der Waals surface area contributed by atoms with Crippen LogP contribution >= 0.6 is 10.7 Å². The number of aryl methyl sites for hydroxylation is 1. The average molecular weight is 232 g/mol. The lowest BCUT2D eigenvalue weighted by molar-refractivity contribution is 0.610. The standard InChI is InChI=1S/C7H6ClN3O2S/c1-5-2-3-9-7-6(14(8,12)13)4-10-11(5)7/h2-4H,1H3. The molecule has 0 spiro atoms. The van der Waals surface area contributed by atoms with Crippen molar-refractivity contribution in [2.75, 3.05) is 0 Å². The summed E-state index contributed by atoms with van der Waals surface area (Å²) in [5.41, 5.74) is 1.04. The van der Waals surface area contributed by atoms with Crippen molar-refractivity contribution >= 4 is 25.4 Å². The molecular formula is C7H6ClN3O2S. The van der Waals surface area contributed by atoms with Gasteiger partial charge in [-0.3, -0.25) is 0 Å². The van der Waals surface area contributed by atoms with Crippen molar-refractivity contribution in [1.29, 1.82) is 0 Å². The molecule has 0 bridgehead atoms. The zero-order valence-electron chi connectivity index (χ0n) is 7.18. The van der Waals surface area contributed by atoms with Gasteiger partial charge in [-0.05, 0) is 13.0 Å². The number of hydrogen-bond acceptors (Lipinski definition) is 4. The molecule has 0 N–H and O–H groups in total. The molecule has 2 aromatic heterocycles. The van der Waals surface area contributed by atoms with Gasteiger partial charge < -0.3 is 0 Å². The van der Waals surface area contributed by atoms with Gasteiger partial charge in [0.1, 0.15) is 4.90 Å². The summed E-state index contributed by atoms with van der Waals surface area (Å²) < 4.78 is 23.6. The maximum atomic E-state index is 11.1. The number of rotatable bonds is 1. The highest BCUT2D eigenvalue weighted by atomic mass is 35.7. The van der Waals surface area contributed by atoms with E-state index in [1.165, 1.54) is 16.9 Å². The number of hydrogen-bond donors (Lipinski definition) is 0. The molecule has 2 aromatic rings. The van der Waals surface area contributed by atoms with Gasteiger partial charge in [0.05, 0.1) is 6.20 Å². The smallest absolute Gasteiger partial charge is 0.236 e. The van der Waals surface area contributed by atoms with Crippen LogP contribution in [-0.4, -0.2) is 23.0 Å². The third kappa shape index (κ3) is 1.36. The Kier molecular flexibility index (Phi) is 1.97. The highest BCUT2D eigenvalue weighted by molar-refractivity contribution is 8.13. The summed E-state index contributed by atoms with van der Waals surface area (Å²) in [5.74, 6) is 0. The molecule has 0 atom stereocenters. The molecular weight excluding hydrogens is 226 g/mol. The molecule has 2 heterocycles. The number of nitrogens with zero attached hydrogens (tertiary/aromatic N) is 3. The van der Waals surface area contributed by atoms with Crippen LogP contribution < -0.4 is 0 Å². The van der Waals surface area contributed by atoms with Gasteiger partial charge >= 0.3 is 0 Å². The molecule has 0 aliphatic carbocycles. The maximum absolute atomic E-state index is 11.1. The lowest BCUT2D eigenvalue weighted by Gasteiger charge is -1.96. The summed E-state index contributed by atoms with van der Waals surface area (Å²) in [7, 11) is 1.43. The van der Waals surface area contributed by atoms with Crippen LogP contribution in [0.3, 0.4) is 0 Å². The predicted molar refractivity (Wildman–Crippen MR) is 50.8 cm³/mol. The van der Waals surface area contributed by atoms with E-state index >= 15 is 0 Å². The van der Waals surface area contributed by atoms with Gasteiger partial charge in [-0.2, -0.15) is 5.10 Å². The monoisotopic (exact) mass is 231 g/mol. The van der Waals surface area contributed by atoms with Gasteiger partial charge in [-0.1, -0.05) is 0 Å². The van der Waals surface area contributed by atoms with E-state index < -0.39 is 9.05 Å². The predicted octanol–water partition coefficient (Wildman–Crippen LogP) is 0.965. The zero-order valence-corrected chi connectivity index (χ0v) is 8.75. The van der Waals surface area contributed by atoms with Crippen LogP contribution in [0, 0.1) is 6.92 Å². The fourth-order valence-electron chi connectivity index (χ4n) is 1.16. The van der Waals surface area contributed by atoms with Crippen molar-refractivity contribution in [2.24, 2.45) is 0 Å².